The van der Waals surface area contributed by atoms with E-state index in [2.05, 4.69) is 15.0 Å². The van der Waals surface area contributed by atoms with Gasteiger partial charge in [0.2, 0.25) is 11.7 Å². The van der Waals surface area contributed by atoms with Crippen molar-refractivity contribution < 1.29 is 14.0 Å². The third kappa shape index (κ3) is 5.39. The van der Waals surface area contributed by atoms with Gasteiger partial charge in [-0.2, -0.15) is 4.98 Å². The molecule has 5 rings (SSSR count). The van der Waals surface area contributed by atoms with Crippen LogP contribution in [0.3, 0.4) is 0 Å². The molecule has 0 N–H and O–H groups in total. The maximum atomic E-state index is 13.3. The third-order valence-electron chi connectivity index (χ3n) is 5.93. The SMILES string of the molecule is COc1ccccc1-c1noc(CSc2nc3ccccc3c(=O)n2CCCN2CCOCC2)n1. The van der Waals surface area contributed by atoms with Crippen LogP contribution >= 0.6 is 11.8 Å². The van der Waals surface area contributed by atoms with Gasteiger partial charge in [-0.15, -0.1) is 0 Å². The van der Waals surface area contributed by atoms with Gasteiger partial charge >= 0.3 is 0 Å². The summed E-state index contributed by atoms with van der Waals surface area (Å²) in [4.78, 5) is 25.0. The summed E-state index contributed by atoms with van der Waals surface area (Å²) in [6.07, 6.45) is 0.853. The molecule has 3 heterocycles. The maximum Gasteiger partial charge on any atom is 0.262 e. The number of thioether (sulfide) groups is 1. The van der Waals surface area contributed by atoms with Gasteiger partial charge in [-0.1, -0.05) is 41.2 Å². The van der Waals surface area contributed by atoms with E-state index in [9.17, 15) is 4.79 Å². The van der Waals surface area contributed by atoms with Gasteiger partial charge in [-0.3, -0.25) is 14.3 Å². The Bertz CT molecular complexity index is 1350. The number of nitrogens with zero attached hydrogens (tertiary/aromatic N) is 5. The molecule has 0 aliphatic carbocycles. The first kappa shape index (κ1) is 23.5. The summed E-state index contributed by atoms with van der Waals surface area (Å²) in [7, 11) is 1.61. The van der Waals surface area contributed by atoms with E-state index in [0.29, 0.717) is 45.8 Å². The molecule has 35 heavy (non-hydrogen) atoms. The lowest BCUT2D eigenvalue weighted by molar-refractivity contribution is 0.0368. The first-order chi connectivity index (χ1) is 17.2. The number of para-hydroxylation sites is 2. The number of hydrogen-bond acceptors (Lipinski definition) is 9. The van der Waals surface area contributed by atoms with Gasteiger partial charge in [-0.05, 0) is 30.7 Å². The van der Waals surface area contributed by atoms with E-state index in [0.717, 1.165) is 44.8 Å². The second-order valence-electron chi connectivity index (χ2n) is 8.18. The number of rotatable bonds is 9. The van der Waals surface area contributed by atoms with Crippen LogP contribution in [0, 0.1) is 0 Å². The Morgan fingerprint density at radius 3 is 2.69 bits per heavy atom. The number of ether oxygens (including phenoxy) is 2. The van der Waals surface area contributed by atoms with Crippen LogP contribution in [0.2, 0.25) is 0 Å². The summed E-state index contributed by atoms with van der Waals surface area (Å²) >= 11 is 1.42. The molecule has 2 aromatic carbocycles. The summed E-state index contributed by atoms with van der Waals surface area (Å²) < 4.78 is 18.1. The fraction of sp³-hybridized carbons (Fsp3) is 0.360. The number of fused-ring (bicyclic) bond motifs is 1. The van der Waals surface area contributed by atoms with Crippen molar-refractivity contribution in [1.82, 2.24) is 24.6 Å². The smallest absolute Gasteiger partial charge is 0.262 e. The summed E-state index contributed by atoms with van der Waals surface area (Å²) in [6.45, 7) is 4.89. The van der Waals surface area contributed by atoms with Crippen LogP contribution in [-0.2, 0) is 17.0 Å². The Morgan fingerprint density at radius 2 is 1.83 bits per heavy atom. The molecule has 0 saturated carbocycles. The van der Waals surface area contributed by atoms with E-state index >= 15 is 0 Å². The van der Waals surface area contributed by atoms with Crippen molar-refractivity contribution in [3.8, 4) is 17.1 Å². The highest BCUT2D eigenvalue weighted by Gasteiger charge is 2.17. The topological polar surface area (TPSA) is 95.5 Å². The van der Waals surface area contributed by atoms with Gasteiger partial charge in [-0.25, -0.2) is 4.98 Å². The molecular formula is C25H27N5O4S. The van der Waals surface area contributed by atoms with E-state index in [1.54, 1.807) is 11.7 Å². The van der Waals surface area contributed by atoms with Crippen LogP contribution in [0.15, 0.2) is 63.0 Å². The highest BCUT2D eigenvalue weighted by Crippen LogP contribution is 2.28. The van der Waals surface area contributed by atoms with Crippen LogP contribution in [0.4, 0.5) is 0 Å². The molecule has 4 aromatic rings. The van der Waals surface area contributed by atoms with E-state index in [-0.39, 0.29) is 5.56 Å². The lowest BCUT2D eigenvalue weighted by atomic mass is 10.2. The zero-order valence-electron chi connectivity index (χ0n) is 19.6. The number of methoxy groups -OCH3 is 1. The summed E-state index contributed by atoms with van der Waals surface area (Å²) in [5, 5.41) is 5.39. The van der Waals surface area contributed by atoms with Gasteiger partial charge in [0.25, 0.3) is 5.56 Å². The normalized spacial score (nSPS) is 14.4. The summed E-state index contributed by atoms with van der Waals surface area (Å²) in [5.41, 5.74) is 1.42. The van der Waals surface area contributed by atoms with E-state index in [1.807, 2.05) is 48.5 Å². The fourth-order valence-corrected chi connectivity index (χ4v) is 4.97. The van der Waals surface area contributed by atoms with Crippen molar-refractivity contribution in [2.24, 2.45) is 0 Å². The van der Waals surface area contributed by atoms with Gasteiger partial charge in [0.15, 0.2) is 5.16 Å². The molecule has 1 aliphatic heterocycles. The van der Waals surface area contributed by atoms with Crippen LogP contribution < -0.4 is 10.3 Å². The van der Waals surface area contributed by atoms with Gasteiger partial charge in [0.1, 0.15) is 5.75 Å². The van der Waals surface area contributed by atoms with Crippen LogP contribution in [0.5, 0.6) is 5.75 Å². The van der Waals surface area contributed by atoms with Crippen molar-refractivity contribution in [2.75, 3.05) is 40.0 Å². The monoisotopic (exact) mass is 493 g/mol. The highest BCUT2D eigenvalue weighted by molar-refractivity contribution is 7.98. The van der Waals surface area contributed by atoms with Crippen molar-refractivity contribution in [3.63, 3.8) is 0 Å². The number of aromatic nitrogens is 4. The molecule has 9 nitrogen and oxygen atoms in total. The van der Waals surface area contributed by atoms with Gasteiger partial charge in [0.05, 0.1) is 42.5 Å². The molecule has 0 radical (unpaired) electrons. The Labute approximate surface area is 207 Å². The van der Waals surface area contributed by atoms with Crippen LogP contribution in [-0.4, -0.2) is 64.5 Å². The quantitative estimate of drug-likeness (QED) is 0.256. The van der Waals surface area contributed by atoms with E-state index in [1.165, 1.54) is 11.8 Å². The molecular weight excluding hydrogens is 466 g/mol. The van der Waals surface area contributed by atoms with Gasteiger partial charge in [0, 0.05) is 26.2 Å². The largest absolute Gasteiger partial charge is 0.496 e. The first-order valence-corrected chi connectivity index (χ1v) is 12.6. The minimum Gasteiger partial charge on any atom is -0.496 e. The minimum absolute atomic E-state index is 0.0275. The van der Waals surface area contributed by atoms with E-state index in [4.69, 9.17) is 19.0 Å². The predicted molar refractivity (Wildman–Crippen MR) is 134 cm³/mol. The number of benzene rings is 2. The molecule has 2 aromatic heterocycles. The minimum atomic E-state index is -0.0275. The Balaban J connectivity index is 1.35. The molecule has 0 unspecified atom stereocenters. The lowest BCUT2D eigenvalue weighted by Gasteiger charge is -2.26. The third-order valence-corrected chi connectivity index (χ3v) is 6.89. The highest BCUT2D eigenvalue weighted by atomic mass is 32.2. The maximum absolute atomic E-state index is 13.3. The molecule has 0 spiro atoms. The Kier molecular flexibility index (Phi) is 7.41. The van der Waals surface area contributed by atoms with Crippen LogP contribution in [0.1, 0.15) is 12.3 Å². The standard InChI is InChI=1S/C25H27N5O4S/c1-32-21-10-5-3-8-19(21)23-27-22(34-28-23)17-35-25-26-20-9-4-2-7-18(20)24(31)30(25)12-6-11-29-13-15-33-16-14-29/h2-5,7-10H,6,11-17H2,1H3. The van der Waals surface area contributed by atoms with E-state index < -0.39 is 0 Å². The summed E-state index contributed by atoms with van der Waals surface area (Å²) in [5.74, 6) is 2.00. The fourth-order valence-electron chi connectivity index (χ4n) is 4.11. The average Bonchev–Trinajstić information content (AvgIpc) is 3.38. The Morgan fingerprint density at radius 1 is 1.03 bits per heavy atom. The second kappa shape index (κ2) is 11.0. The zero-order valence-corrected chi connectivity index (χ0v) is 20.4. The Hall–Kier alpha value is -3.21. The summed E-state index contributed by atoms with van der Waals surface area (Å²) in [6, 6.07) is 15.0. The first-order valence-electron chi connectivity index (χ1n) is 11.6. The van der Waals surface area contributed by atoms with Crippen molar-refractivity contribution in [1.29, 1.82) is 0 Å². The second-order valence-corrected chi connectivity index (χ2v) is 9.12. The van der Waals surface area contributed by atoms with Crippen molar-refractivity contribution in [3.05, 3.63) is 64.8 Å². The number of morpholine rings is 1. The van der Waals surface area contributed by atoms with Crippen molar-refractivity contribution >= 4 is 22.7 Å². The van der Waals surface area contributed by atoms with Crippen LogP contribution in [0.25, 0.3) is 22.3 Å². The molecule has 1 aliphatic rings. The molecule has 0 atom stereocenters. The molecule has 0 amide bonds. The van der Waals surface area contributed by atoms with Crippen molar-refractivity contribution in [2.45, 2.75) is 23.9 Å². The number of hydrogen-bond donors (Lipinski definition) is 0. The zero-order chi connectivity index (χ0) is 24.0. The molecule has 10 heteroatoms. The van der Waals surface area contributed by atoms with Gasteiger partial charge < -0.3 is 14.0 Å². The lowest BCUT2D eigenvalue weighted by Crippen LogP contribution is -2.37. The molecule has 1 fully saturated rings. The molecule has 0 bridgehead atoms. The predicted octanol–water partition coefficient (Wildman–Crippen LogP) is 3.47. The molecule has 1 saturated heterocycles. The molecule has 182 valence electrons. The average molecular weight is 494 g/mol.